The van der Waals surface area contributed by atoms with E-state index in [1.54, 1.807) is 0 Å². The Morgan fingerprint density at radius 1 is 1.06 bits per heavy atom. The minimum atomic E-state index is -0.0152. The SMILES string of the molecule is CC(=O)NCCCNC(=O)CC1CCCCC1. The maximum atomic E-state index is 11.6. The van der Waals surface area contributed by atoms with Crippen LogP contribution in [0.2, 0.25) is 0 Å². The molecule has 1 rings (SSSR count). The second kappa shape index (κ2) is 8.09. The summed E-state index contributed by atoms with van der Waals surface area (Å²) in [6.07, 6.45) is 7.78. The third-order valence-electron chi connectivity index (χ3n) is 3.25. The first kappa shape index (κ1) is 14.0. The number of nitrogens with one attached hydrogen (secondary N) is 2. The van der Waals surface area contributed by atoms with Crippen LogP contribution in [0.4, 0.5) is 0 Å². The average Bonchev–Trinajstić information content (AvgIpc) is 2.29. The number of rotatable bonds is 6. The molecular formula is C13H24N2O2. The molecule has 4 heteroatoms. The summed E-state index contributed by atoms with van der Waals surface area (Å²) >= 11 is 0. The Morgan fingerprint density at radius 2 is 1.71 bits per heavy atom. The Hall–Kier alpha value is -1.06. The van der Waals surface area contributed by atoms with Crippen molar-refractivity contribution >= 4 is 11.8 Å². The van der Waals surface area contributed by atoms with Gasteiger partial charge in [0, 0.05) is 26.4 Å². The molecule has 0 atom stereocenters. The molecule has 0 aromatic heterocycles. The van der Waals surface area contributed by atoms with E-state index in [4.69, 9.17) is 0 Å². The molecule has 2 amide bonds. The van der Waals surface area contributed by atoms with E-state index in [1.165, 1.54) is 39.0 Å². The van der Waals surface area contributed by atoms with Gasteiger partial charge in [0.15, 0.2) is 0 Å². The van der Waals surface area contributed by atoms with Gasteiger partial charge in [0.1, 0.15) is 0 Å². The fraction of sp³-hybridized carbons (Fsp3) is 0.846. The van der Waals surface area contributed by atoms with Crippen molar-refractivity contribution in [2.45, 2.75) is 51.9 Å². The molecule has 0 unspecified atom stereocenters. The summed E-state index contributed by atoms with van der Waals surface area (Å²) in [5, 5.41) is 5.62. The van der Waals surface area contributed by atoms with Crippen LogP contribution in [-0.2, 0) is 9.59 Å². The minimum absolute atomic E-state index is 0.0152. The van der Waals surface area contributed by atoms with E-state index < -0.39 is 0 Å². The first-order valence-electron chi connectivity index (χ1n) is 6.69. The van der Waals surface area contributed by atoms with Gasteiger partial charge in [-0.1, -0.05) is 19.3 Å². The third-order valence-corrected chi connectivity index (χ3v) is 3.25. The van der Waals surface area contributed by atoms with Crippen molar-refractivity contribution in [2.75, 3.05) is 13.1 Å². The second-order valence-corrected chi connectivity index (χ2v) is 4.89. The zero-order chi connectivity index (χ0) is 12.5. The van der Waals surface area contributed by atoms with Gasteiger partial charge in [-0.05, 0) is 25.2 Å². The maximum Gasteiger partial charge on any atom is 0.220 e. The highest BCUT2D eigenvalue weighted by Crippen LogP contribution is 2.25. The Kier molecular flexibility index (Phi) is 6.67. The van der Waals surface area contributed by atoms with E-state index in [9.17, 15) is 9.59 Å². The summed E-state index contributed by atoms with van der Waals surface area (Å²) in [7, 11) is 0. The minimum Gasteiger partial charge on any atom is -0.356 e. The Balaban J connectivity index is 1.98. The molecule has 0 aromatic rings. The highest BCUT2D eigenvalue weighted by molar-refractivity contribution is 5.76. The van der Waals surface area contributed by atoms with Gasteiger partial charge in [-0.3, -0.25) is 9.59 Å². The summed E-state index contributed by atoms with van der Waals surface area (Å²) in [5.41, 5.74) is 0. The van der Waals surface area contributed by atoms with Gasteiger partial charge in [0.2, 0.25) is 11.8 Å². The number of hydrogen-bond acceptors (Lipinski definition) is 2. The van der Waals surface area contributed by atoms with Crippen LogP contribution in [0.1, 0.15) is 51.9 Å². The molecule has 17 heavy (non-hydrogen) atoms. The molecule has 0 radical (unpaired) electrons. The molecule has 4 nitrogen and oxygen atoms in total. The average molecular weight is 240 g/mol. The van der Waals surface area contributed by atoms with Gasteiger partial charge in [-0.2, -0.15) is 0 Å². The lowest BCUT2D eigenvalue weighted by Gasteiger charge is -2.20. The predicted molar refractivity (Wildman–Crippen MR) is 67.5 cm³/mol. The monoisotopic (exact) mass is 240 g/mol. The maximum absolute atomic E-state index is 11.6. The topological polar surface area (TPSA) is 58.2 Å². The molecule has 0 aromatic carbocycles. The Bertz CT molecular complexity index is 248. The van der Waals surface area contributed by atoms with Crippen LogP contribution in [0.5, 0.6) is 0 Å². The van der Waals surface area contributed by atoms with Crippen molar-refractivity contribution in [2.24, 2.45) is 5.92 Å². The van der Waals surface area contributed by atoms with Crippen molar-refractivity contribution in [3.63, 3.8) is 0 Å². The van der Waals surface area contributed by atoms with Crippen LogP contribution in [0, 0.1) is 5.92 Å². The van der Waals surface area contributed by atoms with E-state index in [2.05, 4.69) is 10.6 Å². The van der Waals surface area contributed by atoms with Gasteiger partial charge in [-0.15, -0.1) is 0 Å². The molecule has 0 bridgehead atoms. The number of carbonyl (C=O) groups is 2. The first-order valence-corrected chi connectivity index (χ1v) is 6.69. The van der Waals surface area contributed by atoms with Gasteiger partial charge in [-0.25, -0.2) is 0 Å². The normalized spacial score (nSPS) is 16.5. The summed E-state index contributed by atoms with van der Waals surface area (Å²) in [5.74, 6) is 0.748. The molecule has 1 saturated carbocycles. The quantitative estimate of drug-likeness (QED) is 0.693. The van der Waals surface area contributed by atoms with Gasteiger partial charge >= 0.3 is 0 Å². The largest absolute Gasteiger partial charge is 0.356 e. The van der Waals surface area contributed by atoms with Crippen LogP contribution in [-0.4, -0.2) is 24.9 Å². The highest BCUT2D eigenvalue weighted by atomic mass is 16.2. The van der Waals surface area contributed by atoms with E-state index in [0.29, 0.717) is 25.4 Å². The van der Waals surface area contributed by atoms with Crippen LogP contribution >= 0.6 is 0 Å². The fourth-order valence-corrected chi connectivity index (χ4v) is 2.31. The van der Waals surface area contributed by atoms with E-state index in [-0.39, 0.29) is 11.8 Å². The molecule has 0 saturated heterocycles. The van der Waals surface area contributed by atoms with Crippen LogP contribution in [0.3, 0.4) is 0 Å². The highest BCUT2D eigenvalue weighted by Gasteiger charge is 2.16. The van der Waals surface area contributed by atoms with Gasteiger partial charge in [0.25, 0.3) is 0 Å². The van der Waals surface area contributed by atoms with E-state index >= 15 is 0 Å². The summed E-state index contributed by atoms with van der Waals surface area (Å²) < 4.78 is 0. The lowest BCUT2D eigenvalue weighted by molar-refractivity contribution is -0.122. The molecular weight excluding hydrogens is 216 g/mol. The summed E-state index contributed by atoms with van der Waals surface area (Å²) in [6, 6.07) is 0. The van der Waals surface area contributed by atoms with Crippen LogP contribution in [0.15, 0.2) is 0 Å². The molecule has 1 aliphatic rings. The number of carbonyl (C=O) groups excluding carboxylic acids is 2. The van der Waals surface area contributed by atoms with Crippen LogP contribution < -0.4 is 10.6 Å². The van der Waals surface area contributed by atoms with Crippen molar-refractivity contribution in [3.8, 4) is 0 Å². The number of amides is 2. The van der Waals surface area contributed by atoms with E-state index in [0.717, 1.165) is 6.42 Å². The molecule has 0 aliphatic heterocycles. The fourth-order valence-electron chi connectivity index (χ4n) is 2.31. The molecule has 98 valence electrons. The molecule has 1 fully saturated rings. The standard InChI is InChI=1S/C13H24N2O2/c1-11(16)14-8-5-9-15-13(17)10-12-6-3-2-4-7-12/h12H,2-10H2,1H3,(H,14,16)(H,15,17). The second-order valence-electron chi connectivity index (χ2n) is 4.89. The lowest BCUT2D eigenvalue weighted by atomic mass is 9.87. The van der Waals surface area contributed by atoms with Gasteiger partial charge < -0.3 is 10.6 Å². The Morgan fingerprint density at radius 3 is 2.35 bits per heavy atom. The van der Waals surface area contributed by atoms with Crippen molar-refractivity contribution in [1.29, 1.82) is 0 Å². The Labute approximate surface area is 104 Å². The van der Waals surface area contributed by atoms with E-state index in [1.807, 2.05) is 0 Å². The number of hydrogen-bond donors (Lipinski definition) is 2. The van der Waals surface area contributed by atoms with Crippen molar-refractivity contribution in [1.82, 2.24) is 10.6 Å². The third kappa shape index (κ3) is 6.97. The molecule has 2 N–H and O–H groups in total. The first-order chi connectivity index (χ1) is 8.18. The smallest absolute Gasteiger partial charge is 0.220 e. The zero-order valence-electron chi connectivity index (χ0n) is 10.8. The van der Waals surface area contributed by atoms with Crippen LogP contribution in [0.25, 0.3) is 0 Å². The molecule has 0 heterocycles. The summed E-state index contributed by atoms with van der Waals surface area (Å²) in [4.78, 5) is 22.2. The van der Waals surface area contributed by atoms with Crippen molar-refractivity contribution < 1.29 is 9.59 Å². The zero-order valence-corrected chi connectivity index (χ0v) is 10.8. The predicted octanol–water partition coefficient (Wildman–Crippen LogP) is 1.60. The molecule has 1 aliphatic carbocycles. The summed E-state index contributed by atoms with van der Waals surface area (Å²) in [6.45, 7) is 2.80. The van der Waals surface area contributed by atoms with Crippen molar-refractivity contribution in [3.05, 3.63) is 0 Å². The molecule has 0 spiro atoms. The lowest BCUT2D eigenvalue weighted by Crippen LogP contribution is -2.30. The van der Waals surface area contributed by atoms with Gasteiger partial charge in [0.05, 0.1) is 0 Å².